The molecule has 0 aliphatic carbocycles. The van der Waals surface area contributed by atoms with Crippen molar-refractivity contribution in [2.75, 3.05) is 5.73 Å². The summed E-state index contributed by atoms with van der Waals surface area (Å²) >= 11 is 0. The lowest BCUT2D eigenvalue weighted by Crippen LogP contribution is -2.01. The number of hydrogen-bond acceptors (Lipinski definition) is 3. The summed E-state index contributed by atoms with van der Waals surface area (Å²) in [5, 5.41) is 8.98. The second-order valence-corrected chi connectivity index (χ2v) is 3.04. The maximum absolute atomic E-state index is 11.0. The second kappa shape index (κ2) is 3.45. The predicted octanol–water partition coefficient (Wildman–Crippen LogP) is 1.36. The molecule has 2 aromatic rings. The van der Waals surface area contributed by atoms with Crippen LogP contribution in [0.5, 0.6) is 0 Å². The molecule has 0 radical (unpaired) electrons. The molecule has 0 unspecified atom stereocenters. The van der Waals surface area contributed by atoms with Gasteiger partial charge in [0.25, 0.3) is 0 Å². The number of rotatable bonds is 2. The van der Waals surface area contributed by atoms with Crippen molar-refractivity contribution in [1.82, 2.24) is 9.97 Å². The van der Waals surface area contributed by atoms with E-state index in [0.29, 0.717) is 5.56 Å². The Hall–Kier alpha value is -2.30. The lowest BCUT2D eigenvalue weighted by molar-refractivity contribution is 0.0699. The van der Waals surface area contributed by atoms with Gasteiger partial charge in [0.1, 0.15) is 11.4 Å². The Bertz CT molecular complexity index is 491. The van der Waals surface area contributed by atoms with Gasteiger partial charge in [-0.3, -0.25) is 4.98 Å². The molecule has 2 aromatic heterocycles. The smallest absolute Gasteiger partial charge is 0.340 e. The topological polar surface area (TPSA) is 92.0 Å². The zero-order chi connectivity index (χ0) is 10.8. The molecule has 0 saturated carbocycles. The summed E-state index contributed by atoms with van der Waals surface area (Å²) in [5.74, 6) is -0.894. The average molecular weight is 203 g/mol. The first-order valence-corrected chi connectivity index (χ1v) is 4.30. The van der Waals surface area contributed by atoms with Crippen molar-refractivity contribution in [2.24, 2.45) is 0 Å². The van der Waals surface area contributed by atoms with Crippen LogP contribution in [0, 0.1) is 0 Å². The lowest BCUT2D eigenvalue weighted by Gasteiger charge is -1.99. The van der Waals surface area contributed by atoms with Gasteiger partial charge in [-0.1, -0.05) is 6.07 Å². The number of carbonyl (C=O) groups is 1. The van der Waals surface area contributed by atoms with Crippen LogP contribution < -0.4 is 5.73 Å². The summed E-state index contributed by atoms with van der Waals surface area (Å²) < 4.78 is 0. The van der Waals surface area contributed by atoms with Gasteiger partial charge >= 0.3 is 5.97 Å². The van der Waals surface area contributed by atoms with E-state index >= 15 is 0 Å². The third kappa shape index (κ3) is 1.54. The Morgan fingerprint density at radius 3 is 2.93 bits per heavy atom. The molecule has 0 spiro atoms. The van der Waals surface area contributed by atoms with E-state index in [0.717, 1.165) is 5.56 Å². The molecule has 0 fully saturated rings. The maximum atomic E-state index is 11.0. The third-order valence-electron chi connectivity index (χ3n) is 2.10. The van der Waals surface area contributed by atoms with E-state index in [1.54, 1.807) is 30.7 Å². The highest BCUT2D eigenvalue weighted by atomic mass is 16.4. The Kier molecular flexibility index (Phi) is 2.13. The first-order chi connectivity index (χ1) is 7.20. The summed E-state index contributed by atoms with van der Waals surface area (Å²) in [6, 6.07) is 3.52. The molecular weight excluding hydrogens is 194 g/mol. The number of carboxylic acid groups (broad SMARTS) is 1. The van der Waals surface area contributed by atoms with Crippen LogP contribution in [0.2, 0.25) is 0 Å². The van der Waals surface area contributed by atoms with Crippen LogP contribution in [0.1, 0.15) is 10.4 Å². The van der Waals surface area contributed by atoms with Crippen LogP contribution in [0.15, 0.2) is 30.7 Å². The molecule has 0 aliphatic rings. The molecule has 2 rings (SSSR count). The summed E-state index contributed by atoms with van der Waals surface area (Å²) in [6.07, 6.45) is 4.78. The van der Waals surface area contributed by atoms with Crippen LogP contribution in [0.25, 0.3) is 11.1 Å². The minimum Gasteiger partial charge on any atom is -0.478 e. The number of nitrogens with two attached hydrogens (primary N) is 1. The monoisotopic (exact) mass is 203 g/mol. The van der Waals surface area contributed by atoms with Gasteiger partial charge in [0.05, 0.1) is 0 Å². The number of pyridine rings is 1. The fourth-order valence-electron chi connectivity index (χ4n) is 1.42. The van der Waals surface area contributed by atoms with Crippen molar-refractivity contribution < 1.29 is 9.90 Å². The van der Waals surface area contributed by atoms with Crippen molar-refractivity contribution in [2.45, 2.75) is 0 Å². The average Bonchev–Trinajstić information content (AvgIpc) is 2.61. The van der Waals surface area contributed by atoms with Crippen LogP contribution in [-0.2, 0) is 0 Å². The van der Waals surface area contributed by atoms with E-state index in [-0.39, 0.29) is 11.4 Å². The van der Waals surface area contributed by atoms with Gasteiger partial charge in [0.15, 0.2) is 0 Å². The molecule has 5 heteroatoms. The predicted molar refractivity (Wildman–Crippen MR) is 55.4 cm³/mol. The molecule has 2 heterocycles. The van der Waals surface area contributed by atoms with Gasteiger partial charge < -0.3 is 15.8 Å². The van der Waals surface area contributed by atoms with Crippen molar-refractivity contribution in [3.63, 3.8) is 0 Å². The number of nitrogens with one attached hydrogen (secondary N) is 1. The highest BCUT2D eigenvalue weighted by molar-refractivity contribution is 6.00. The number of nitrogens with zero attached hydrogens (tertiary/aromatic N) is 1. The zero-order valence-electron chi connectivity index (χ0n) is 7.77. The Morgan fingerprint density at radius 2 is 2.33 bits per heavy atom. The minimum absolute atomic E-state index is 0.0861. The Labute approximate surface area is 85.6 Å². The van der Waals surface area contributed by atoms with Crippen molar-refractivity contribution >= 4 is 11.8 Å². The van der Waals surface area contributed by atoms with Crippen LogP contribution in [-0.4, -0.2) is 21.0 Å². The van der Waals surface area contributed by atoms with Crippen LogP contribution in [0.3, 0.4) is 0 Å². The number of aromatic nitrogens is 2. The van der Waals surface area contributed by atoms with Gasteiger partial charge in [-0.15, -0.1) is 0 Å². The van der Waals surface area contributed by atoms with E-state index in [1.807, 2.05) is 0 Å². The maximum Gasteiger partial charge on any atom is 0.340 e. The highest BCUT2D eigenvalue weighted by Gasteiger charge is 2.16. The van der Waals surface area contributed by atoms with E-state index < -0.39 is 5.97 Å². The van der Waals surface area contributed by atoms with E-state index in [4.69, 9.17) is 10.8 Å². The minimum atomic E-state index is -1.05. The number of anilines is 1. The van der Waals surface area contributed by atoms with Crippen molar-refractivity contribution in [1.29, 1.82) is 0 Å². The van der Waals surface area contributed by atoms with Gasteiger partial charge in [0, 0.05) is 29.7 Å². The fourth-order valence-corrected chi connectivity index (χ4v) is 1.42. The molecule has 4 N–H and O–H groups in total. The van der Waals surface area contributed by atoms with Crippen molar-refractivity contribution in [3.05, 3.63) is 36.3 Å². The van der Waals surface area contributed by atoms with Gasteiger partial charge in [0.2, 0.25) is 0 Å². The van der Waals surface area contributed by atoms with E-state index in [1.165, 1.54) is 0 Å². The SMILES string of the molecule is Nc1[nH]cc(-c2cccnc2)c1C(=O)O. The van der Waals surface area contributed by atoms with E-state index in [2.05, 4.69) is 9.97 Å². The number of H-pyrrole nitrogens is 1. The first kappa shape index (κ1) is 9.26. The quantitative estimate of drug-likeness (QED) is 0.687. The first-order valence-electron chi connectivity index (χ1n) is 4.30. The summed E-state index contributed by atoms with van der Waals surface area (Å²) in [6.45, 7) is 0. The van der Waals surface area contributed by atoms with Crippen LogP contribution in [0.4, 0.5) is 5.82 Å². The molecule has 0 saturated heterocycles. The molecule has 0 atom stereocenters. The molecule has 0 aromatic carbocycles. The van der Waals surface area contributed by atoms with Gasteiger partial charge in [-0.2, -0.15) is 0 Å². The molecule has 0 aliphatic heterocycles. The lowest BCUT2D eigenvalue weighted by atomic mass is 10.1. The van der Waals surface area contributed by atoms with Gasteiger partial charge in [-0.05, 0) is 6.07 Å². The van der Waals surface area contributed by atoms with Gasteiger partial charge in [-0.25, -0.2) is 4.79 Å². The normalized spacial score (nSPS) is 10.1. The summed E-state index contributed by atoms with van der Waals surface area (Å²) in [7, 11) is 0. The summed E-state index contributed by atoms with van der Waals surface area (Å²) in [5.41, 5.74) is 6.88. The molecule has 5 nitrogen and oxygen atoms in total. The second-order valence-electron chi connectivity index (χ2n) is 3.04. The number of carboxylic acids is 1. The van der Waals surface area contributed by atoms with Crippen molar-refractivity contribution in [3.8, 4) is 11.1 Å². The standard InChI is InChI=1S/C10H9N3O2/c11-9-8(10(14)15)7(5-13-9)6-2-1-3-12-4-6/h1-5,13H,11H2,(H,14,15). The molecular formula is C10H9N3O2. The Balaban J connectivity index is 2.59. The number of aromatic amines is 1. The molecule has 0 amide bonds. The van der Waals surface area contributed by atoms with Crippen LogP contribution >= 0.6 is 0 Å². The highest BCUT2D eigenvalue weighted by Crippen LogP contribution is 2.26. The largest absolute Gasteiger partial charge is 0.478 e. The molecule has 76 valence electrons. The van der Waals surface area contributed by atoms with E-state index in [9.17, 15) is 4.79 Å². The summed E-state index contributed by atoms with van der Waals surface area (Å²) in [4.78, 5) is 17.6. The number of nitrogen functional groups attached to an aromatic ring is 1. The fraction of sp³-hybridized carbons (Fsp3) is 0. The molecule has 15 heavy (non-hydrogen) atoms. The third-order valence-corrected chi connectivity index (χ3v) is 2.10. The number of hydrogen-bond donors (Lipinski definition) is 3. The number of aromatic carboxylic acids is 1. The zero-order valence-corrected chi connectivity index (χ0v) is 7.77. The molecule has 0 bridgehead atoms. The Morgan fingerprint density at radius 1 is 1.53 bits per heavy atom.